The van der Waals surface area contributed by atoms with Crippen LogP contribution in [0.1, 0.15) is 17.4 Å². The Labute approximate surface area is 161 Å². The SMILES string of the molecule is C[C@@H](N=C1NS(=O)(=O)c2ccccc21)C(=O)NCCSCc1cccs1. The van der Waals surface area contributed by atoms with Gasteiger partial charge in [0.25, 0.3) is 10.0 Å². The number of rotatable bonds is 7. The van der Waals surface area contributed by atoms with Crippen molar-refractivity contribution in [3.63, 3.8) is 0 Å². The molecule has 26 heavy (non-hydrogen) atoms. The molecule has 0 aliphatic carbocycles. The zero-order valence-electron chi connectivity index (χ0n) is 14.1. The summed E-state index contributed by atoms with van der Waals surface area (Å²) >= 11 is 3.48. The summed E-state index contributed by atoms with van der Waals surface area (Å²) in [5.41, 5.74) is 0.499. The second-order valence-corrected chi connectivity index (χ2v) is 9.47. The number of carbonyl (C=O) groups excluding carboxylic acids is 1. The van der Waals surface area contributed by atoms with Gasteiger partial charge < -0.3 is 5.32 Å². The van der Waals surface area contributed by atoms with Crippen LogP contribution in [-0.4, -0.2) is 38.5 Å². The van der Waals surface area contributed by atoms with Crippen LogP contribution in [0.2, 0.25) is 0 Å². The van der Waals surface area contributed by atoms with Crippen LogP contribution in [0.15, 0.2) is 51.7 Å². The molecule has 2 aromatic rings. The molecule has 138 valence electrons. The van der Waals surface area contributed by atoms with Gasteiger partial charge in [0.2, 0.25) is 5.91 Å². The molecule has 0 fully saturated rings. The van der Waals surface area contributed by atoms with E-state index in [9.17, 15) is 13.2 Å². The van der Waals surface area contributed by atoms with Crippen LogP contribution in [0.25, 0.3) is 0 Å². The molecule has 3 rings (SSSR count). The van der Waals surface area contributed by atoms with Gasteiger partial charge in [0.15, 0.2) is 0 Å². The highest BCUT2D eigenvalue weighted by molar-refractivity contribution is 7.98. The number of amidine groups is 1. The Balaban J connectivity index is 1.52. The monoisotopic (exact) mass is 409 g/mol. The highest BCUT2D eigenvalue weighted by Crippen LogP contribution is 2.22. The molecule has 1 aliphatic heterocycles. The van der Waals surface area contributed by atoms with Crippen LogP contribution in [0.4, 0.5) is 0 Å². The lowest BCUT2D eigenvalue weighted by Gasteiger charge is -2.09. The fraction of sp³-hybridized carbons (Fsp3) is 0.294. The second-order valence-electron chi connectivity index (χ2n) is 5.68. The molecule has 2 N–H and O–H groups in total. The van der Waals surface area contributed by atoms with E-state index in [0.717, 1.165) is 11.5 Å². The van der Waals surface area contributed by atoms with E-state index in [1.54, 1.807) is 48.2 Å². The molecule has 0 radical (unpaired) electrons. The average Bonchev–Trinajstić information content (AvgIpc) is 3.21. The fourth-order valence-corrected chi connectivity index (χ4v) is 5.38. The largest absolute Gasteiger partial charge is 0.353 e. The van der Waals surface area contributed by atoms with Crippen molar-refractivity contribution >= 4 is 44.9 Å². The van der Waals surface area contributed by atoms with Crippen LogP contribution in [-0.2, 0) is 20.6 Å². The van der Waals surface area contributed by atoms with E-state index in [2.05, 4.69) is 21.1 Å². The normalized spacial score (nSPS) is 17.5. The smallest absolute Gasteiger partial charge is 0.263 e. The minimum Gasteiger partial charge on any atom is -0.353 e. The molecule has 9 heteroatoms. The molecule has 2 heterocycles. The molecule has 1 aromatic heterocycles. The van der Waals surface area contributed by atoms with Crippen LogP contribution in [0.3, 0.4) is 0 Å². The summed E-state index contributed by atoms with van der Waals surface area (Å²) in [6, 6.07) is 10.0. The van der Waals surface area contributed by atoms with Crippen molar-refractivity contribution in [1.29, 1.82) is 0 Å². The Bertz CT molecular complexity index is 908. The lowest BCUT2D eigenvalue weighted by Crippen LogP contribution is -2.35. The Morgan fingerprint density at radius 3 is 2.88 bits per heavy atom. The quantitative estimate of drug-likeness (QED) is 0.687. The van der Waals surface area contributed by atoms with Crippen molar-refractivity contribution in [1.82, 2.24) is 10.0 Å². The maximum Gasteiger partial charge on any atom is 0.263 e. The predicted octanol–water partition coefficient (Wildman–Crippen LogP) is 2.22. The number of benzene rings is 1. The number of nitrogens with one attached hydrogen (secondary N) is 2. The van der Waals surface area contributed by atoms with Crippen molar-refractivity contribution in [3.05, 3.63) is 52.2 Å². The number of aliphatic imine (C=N–C) groups is 1. The van der Waals surface area contributed by atoms with Gasteiger partial charge in [-0.1, -0.05) is 18.2 Å². The molecule has 1 atom stereocenters. The summed E-state index contributed by atoms with van der Waals surface area (Å²) in [5, 5.41) is 4.89. The molecule has 1 aromatic carbocycles. The molecule has 1 aliphatic rings. The number of carbonyl (C=O) groups is 1. The summed E-state index contributed by atoms with van der Waals surface area (Å²) in [6.45, 7) is 2.20. The van der Waals surface area contributed by atoms with E-state index in [-0.39, 0.29) is 16.6 Å². The summed E-state index contributed by atoms with van der Waals surface area (Å²) in [6.07, 6.45) is 0. The second kappa shape index (κ2) is 8.24. The van der Waals surface area contributed by atoms with Gasteiger partial charge >= 0.3 is 0 Å². The Kier molecular flexibility index (Phi) is 6.00. The van der Waals surface area contributed by atoms with Gasteiger partial charge in [-0.25, -0.2) is 8.42 Å². The lowest BCUT2D eigenvalue weighted by molar-refractivity contribution is -0.121. The first-order valence-electron chi connectivity index (χ1n) is 8.05. The standard InChI is InChI=1S/C17H19N3O3S3/c1-12(17(21)18-8-10-24-11-13-5-4-9-25-13)19-16-14-6-2-3-7-15(14)26(22,23)20-16/h2-7,9,12H,8,10-11H2,1H3,(H,18,21)(H,19,20)/t12-/m1/s1. The van der Waals surface area contributed by atoms with Gasteiger partial charge in [0.1, 0.15) is 11.9 Å². The van der Waals surface area contributed by atoms with E-state index < -0.39 is 16.1 Å². The minimum absolute atomic E-state index is 0.191. The van der Waals surface area contributed by atoms with E-state index in [4.69, 9.17) is 0 Å². The Hall–Kier alpha value is -1.84. The van der Waals surface area contributed by atoms with Crippen LogP contribution in [0.5, 0.6) is 0 Å². The third kappa shape index (κ3) is 4.46. The first kappa shape index (κ1) is 18.9. The number of hydrogen-bond acceptors (Lipinski definition) is 6. The third-order valence-electron chi connectivity index (χ3n) is 3.73. The molecule has 0 bridgehead atoms. The van der Waals surface area contributed by atoms with E-state index >= 15 is 0 Å². The van der Waals surface area contributed by atoms with Gasteiger partial charge in [0, 0.05) is 28.5 Å². The van der Waals surface area contributed by atoms with Gasteiger partial charge in [-0.15, -0.1) is 11.3 Å². The molecule has 0 saturated heterocycles. The minimum atomic E-state index is -3.59. The van der Waals surface area contributed by atoms with Crippen molar-refractivity contribution < 1.29 is 13.2 Å². The fourth-order valence-electron chi connectivity index (χ4n) is 2.44. The summed E-state index contributed by atoms with van der Waals surface area (Å²) in [7, 11) is -3.59. The number of nitrogens with zero attached hydrogens (tertiary/aromatic N) is 1. The number of thioether (sulfide) groups is 1. The topological polar surface area (TPSA) is 87.6 Å². The van der Waals surface area contributed by atoms with Crippen molar-refractivity contribution in [3.8, 4) is 0 Å². The van der Waals surface area contributed by atoms with Crippen LogP contribution >= 0.6 is 23.1 Å². The van der Waals surface area contributed by atoms with Crippen molar-refractivity contribution in [2.24, 2.45) is 4.99 Å². The zero-order chi connectivity index (χ0) is 18.6. The van der Waals surface area contributed by atoms with Gasteiger partial charge in [-0.05, 0) is 30.5 Å². The Morgan fingerprint density at radius 2 is 2.12 bits per heavy atom. The van der Waals surface area contributed by atoms with E-state index in [1.807, 2.05) is 11.4 Å². The number of thiophene rings is 1. The zero-order valence-corrected chi connectivity index (χ0v) is 16.6. The number of amides is 1. The summed E-state index contributed by atoms with van der Waals surface area (Å²) in [5.74, 6) is 1.74. The molecule has 1 amide bonds. The molecular formula is C17H19N3O3S3. The van der Waals surface area contributed by atoms with E-state index in [0.29, 0.717) is 12.1 Å². The van der Waals surface area contributed by atoms with Gasteiger partial charge in [-0.3, -0.25) is 14.5 Å². The highest BCUT2D eigenvalue weighted by Gasteiger charge is 2.31. The molecular weight excluding hydrogens is 390 g/mol. The van der Waals surface area contributed by atoms with Crippen molar-refractivity contribution in [2.45, 2.75) is 23.6 Å². The summed E-state index contributed by atoms with van der Waals surface area (Å²) < 4.78 is 26.5. The maximum atomic E-state index is 12.2. The lowest BCUT2D eigenvalue weighted by atomic mass is 10.2. The number of sulfonamides is 1. The van der Waals surface area contributed by atoms with Crippen LogP contribution < -0.4 is 10.0 Å². The average molecular weight is 410 g/mol. The Morgan fingerprint density at radius 1 is 1.31 bits per heavy atom. The first-order chi connectivity index (χ1) is 12.5. The highest BCUT2D eigenvalue weighted by atomic mass is 32.2. The first-order valence-corrected chi connectivity index (χ1v) is 11.6. The number of hydrogen-bond donors (Lipinski definition) is 2. The maximum absolute atomic E-state index is 12.2. The molecule has 6 nitrogen and oxygen atoms in total. The summed E-state index contributed by atoms with van der Waals surface area (Å²) in [4.78, 5) is 18.0. The predicted molar refractivity (Wildman–Crippen MR) is 106 cm³/mol. The van der Waals surface area contributed by atoms with E-state index in [1.165, 1.54) is 10.9 Å². The number of fused-ring (bicyclic) bond motifs is 1. The van der Waals surface area contributed by atoms with Gasteiger partial charge in [0.05, 0.1) is 4.90 Å². The van der Waals surface area contributed by atoms with Crippen molar-refractivity contribution in [2.75, 3.05) is 12.3 Å². The molecule has 0 unspecified atom stereocenters. The van der Waals surface area contributed by atoms with Gasteiger partial charge in [-0.2, -0.15) is 11.8 Å². The molecule has 0 saturated carbocycles. The third-order valence-corrected chi connectivity index (χ3v) is 7.20. The van der Waals surface area contributed by atoms with Crippen LogP contribution in [0, 0.1) is 0 Å². The molecule has 0 spiro atoms.